The van der Waals surface area contributed by atoms with E-state index >= 15 is 0 Å². The van der Waals surface area contributed by atoms with E-state index in [1.165, 1.54) is 0 Å². The fourth-order valence-corrected chi connectivity index (χ4v) is 3.00. The van der Waals surface area contributed by atoms with Crippen molar-refractivity contribution < 1.29 is 9.53 Å². The van der Waals surface area contributed by atoms with Crippen molar-refractivity contribution in [2.24, 2.45) is 5.92 Å². The third-order valence-corrected chi connectivity index (χ3v) is 4.43. The zero-order valence-corrected chi connectivity index (χ0v) is 14.5. The monoisotopic (exact) mass is 340 g/mol. The van der Waals surface area contributed by atoms with Crippen LogP contribution in [0.5, 0.6) is 5.75 Å². The summed E-state index contributed by atoms with van der Waals surface area (Å²) < 4.78 is 5.40. The summed E-state index contributed by atoms with van der Waals surface area (Å²) in [7, 11) is 0. The molecule has 0 unspecified atom stereocenters. The van der Waals surface area contributed by atoms with E-state index in [4.69, 9.17) is 4.74 Å². The van der Waals surface area contributed by atoms with Gasteiger partial charge in [-0.15, -0.1) is 0 Å². The molecule has 6 nitrogen and oxygen atoms in total. The van der Waals surface area contributed by atoms with Gasteiger partial charge in [0.15, 0.2) is 0 Å². The lowest BCUT2D eigenvalue weighted by Gasteiger charge is -2.31. The van der Waals surface area contributed by atoms with Crippen molar-refractivity contribution in [3.8, 4) is 5.75 Å². The molecule has 3 rings (SSSR count). The standard InChI is InChI=1S/C19H24N4O2/c1-2-25-17-6-4-16(5-7-17)18(24)22-14-15-8-12-23(13-9-15)19-20-10-3-11-21-19/h3-7,10-11,15H,2,8-9,12-14H2,1H3,(H,22,24). The summed E-state index contributed by atoms with van der Waals surface area (Å²) in [5.41, 5.74) is 0.665. The SMILES string of the molecule is CCOc1ccc(C(=O)NCC2CCN(c3ncccn3)CC2)cc1. The molecule has 0 saturated carbocycles. The molecule has 0 radical (unpaired) electrons. The number of anilines is 1. The van der Waals surface area contributed by atoms with Gasteiger partial charge in [0.2, 0.25) is 5.95 Å². The van der Waals surface area contributed by atoms with E-state index in [2.05, 4.69) is 20.2 Å². The molecule has 0 spiro atoms. The van der Waals surface area contributed by atoms with Crippen molar-refractivity contribution in [3.05, 3.63) is 48.3 Å². The summed E-state index contributed by atoms with van der Waals surface area (Å²) >= 11 is 0. The Labute approximate surface area is 148 Å². The predicted octanol–water partition coefficient (Wildman–Crippen LogP) is 2.52. The number of hydrogen-bond acceptors (Lipinski definition) is 5. The highest BCUT2D eigenvalue weighted by molar-refractivity contribution is 5.94. The second kappa shape index (κ2) is 8.46. The summed E-state index contributed by atoms with van der Waals surface area (Å²) in [5, 5.41) is 3.05. The van der Waals surface area contributed by atoms with E-state index in [-0.39, 0.29) is 5.91 Å². The van der Waals surface area contributed by atoms with Crippen LogP contribution in [0.1, 0.15) is 30.1 Å². The molecule has 1 N–H and O–H groups in total. The Bertz CT molecular complexity index is 668. The minimum Gasteiger partial charge on any atom is -0.494 e. The molecular formula is C19H24N4O2. The molecular weight excluding hydrogens is 316 g/mol. The van der Waals surface area contributed by atoms with E-state index in [1.807, 2.05) is 25.1 Å². The quantitative estimate of drug-likeness (QED) is 0.875. The van der Waals surface area contributed by atoms with Crippen LogP contribution in [-0.4, -0.2) is 42.1 Å². The van der Waals surface area contributed by atoms with Crippen molar-refractivity contribution in [1.29, 1.82) is 0 Å². The van der Waals surface area contributed by atoms with E-state index in [0.29, 0.717) is 24.6 Å². The molecule has 0 atom stereocenters. The number of hydrogen-bond donors (Lipinski definition) is 1. The Morgan fingerprint density at radius 1 is 1.20 bits per heavy atom. The van der Waals surface area contributed by atoms with Gasteiger partial charge in [-0.2, -0.15) is 0 Å². The number of ether oxygens (including phenoxy) is 1. The molecule has 1 aliphatic rings. The first kappa shape index (κ1) is 17.2. The Hall–Kier alpha value is -2.63. The average molecular weight is 340 g/mol. The molecule has 1 fully saturated rings. The number of rotatable bonds is 6. The molecule has 132 valence electrons. The molecule has 2 aromatic rings. The van der Waals surface area contributed by atoms with Gasteiger partial charge in [0.05, 0.1) is 6.61 Å². The lowest BCUT2D eigenvalue weighted by molar-refractivity contribution is 0.0945. The van der Waals surface area contributed by atoms with Gasteiger partial charge in [-0.25, -0.2) is 9.97 Å². The summed E-state index contributed by atoms with van der Waals surface area (Å²) in [5.74, 6) is 2.04. The molecule has 2 heterocycles. The Balaban J connectivity index is 1.44. The summed E-state index contributed by atoms with van der Waals surface area (Å²) in [4.78, 5) is 23.1. The second-order valence-corrected chi connectivity index (χ2v) is 6.15. The normalized spacial score (nSPS) is 15.0. The van der Waals surface area contributed by atoms with E-state index in [0.717, 1.165) is 37.6 Å². The van der Waals surface area contributed by atoms with Gasteiger partial charge < -0.3 is 15.0 Å². The van der Waals surface area contributed by atoms with Gasteiger partial charge in [-0.3, -0.25) is 4.79 Å². The van der Waals surface area contributed by atoms with E-state index < -0.39 is 0 Å². The van der Waals surface area contributed by atoms with Crippen molar-refractivity contribution in [1.82, 2.24) is 15.3 Å². The van der Waals surface area contributed by atoms with Gasteiger partial charge >= 0.3 is 0 Å². The molecule has 1 amide bonds. The third-order valence-electron chi connectivity index (χ3n) is 4.43. The van der Waals surface area contributed by atoms with Gasteiger partial charge in [-0.05, 0) is 56.0 Å². The molecule has 0 bridgehead atoms. The summed E-state index contributed by atoms with van der Waals surface area (Å²) in [6.45, 7) is 5.12. The van der Waals surface area contributed by atoms with E-state index in [9.17, 15) is 4.79 Å². The Kier molecular flexibility index (Phi) is 5.82. The van der Waals surface area contributed by atoms with Gasteiger partial charge in [0.1, 0.15) is 5.75 Å². The number of nitrogens with one attached hydrogen (secondary N) is 1. The van der Waals surface area contributed by atoms with Gasteiger partial charge in [-0.1, -0.05) is 0 Å². The Morgan fingerprint density at radius 2 is 1.88 bits per heavy atom. The van der Waals surface area contributed by atoms with Crippen LogP contribution in [0.25, 0.3) is 0 Å². The zero-order valence-electron chi connectivity index (χ0n) is 14.5. The smallest absolute Gasteiger partial charge is 0.251 e. The lowest BCUT2D eigenvalue weighted by Crippen LogP contribution is -2.39. The van der Waals surface area contributed by atoms with E-state index in [1.54, 1.807) is 24.5 Å². The minimum absolute atomic E-state index is 0.0307. The number of carbonyl (C=O) groups excluding carboxylic acids is 1. The molecule has 1 saturated heterocycles. The first-order valence-electron chi connectivity index (χ1n) is 8.79. The molecule has 6 heteroatoms. The molecule has 1 aliphatic heterocycles. The first-order chi connectivity index (χ1) is 12.3. The minimum atomic E-state index is -0.0307. The number of amides is 1. The predicted molar refractivity (Wildman–Crippen MR) is 96.9 cm³/mol. The van der Waals surface area contributed by atoms with Crippen LogP contribution in [0.2, 0.25) is 0 Å². The van der Waals surface area contributed by atoms with Crippen LogP contribution in [0, 0.1) is 5.92 Å². The average Bonchev–Trinajstić information content (AvgIpc) is 2.68. The molecule has 0 aliphatic carbocycles. The highest BCUT2D eigenvalue weighted by Crippen LogP contribution is 2.20. The highest BCUT2D eigenvalue weighted by atomic mass is 16.5. The zero-order chi connectivity index (χ0) is 17.5. The van der Waals surface area contributed by atoms with Gasteiger partial charge in [0.25, 0.3) is 5.91 Å². The maximum atomic E-state index is 12.3. The lowest BCUT2D eigenvalue weighted by atomic mass is 9.97. The van der Waals surface area contributed by atoms with Crippen molar-refractivity contribution in [3.63, 3.8) is 0 Å². The summed E-state index contributed by atoms with van der Waals surface area (Å²) in [6, 6.07) is 9.09. The second-order valence-electron chi connectivity index (χ2n) is 6.15. The fourth-order valence-electron chi connectivity index (χ4n) is 3.00. The molecule has 1 aromatic heterocycles. The number of benzene rings is 1. The number of piperidine rings is 1. The number of aromatic nitrogens is 2. The third kappa shape index (κ3) is 4.68. The van der Waals surface area contributed by atoms with Crippen molar-refractivity contribution in [2.75, 3.05) is 31.1 Å². The van der Waals surface area contributed by atoms with Crippen LogP contribution >= 0.6 is 0 Å². The Morgan fingerprint density at radius 3 is 2.52 bits per heavy atom. The van der Waals surface area contributed by atoms with Crippen LogP contribution in [-0.2, 0) is 0 Å². The fraction of sp³-hybridized carbons (Fsp3) is 0.421. The topological polar surface area (TPSA) is 67.3 Å². The molecule has 25 heavy (non-hydrogen) atoms. The van der Waals surface area contributed by atoms with Crippen molar-refractivity contribution >= 4 is 11.9 Å². The number of carbonyl (C=O) groups is 1. The van der Waals surface area contributed by atoms with Crippen LogP contribution in [0.15, 0.2) is 42.7 Å². The molecule has 1 aromatic carbocycles. The number of nitrogens with zero attached hydrogens (tertiary/aromatic N) is 3. The highest BCUT2D eigenvalue weighted by Gasteiger charge is 2.21. The largest absolute Gasteiger partial charge is 0.494 e. The maximum absolute atomic E-state index is 12.3. The van der Waals surface area contributed by atoms with Crippen LogP contribution in [0.3, 0.4) is 0 Å². The first-order valence-corrected chi connectivity index (χ1v) is 8.79. The summed E-state index contributed by atoms with van der Waals surface area (Å²) in [6.07, 6.45) is 5.60. The maximum Gasteiger partial charge on any atom is 0.251 e. The van der Waals surface area contributed by atoms with Crippen LogP contribution in [0.4, 0.5) is 5.95 Å². The van der Waals surface area contributed by atoms with Crippen LogP contribution < -0.4 is 15.0 Å². The van der Waals surface area contributed by atoms with Crippen molar-refractivity contribution in [2.45, 2.75) is 19.8 Å². The van der Waals surface area contributed by atoms with Gasteiger partial charge in [0, 0.05) is 37.6 Å².